The molecule has 2 amide bonds. The first kappa shape index (κ1) is 30.9. The van der Waals surface area contributed by atoms with Gasteiger partial charge >= 0.3 is 0 Å². The second kappa shape index (κ2) is 14.0. The molecule has 204 valence electrons. The van der Waals surface area contributed by atoms with Crippen LogP contribution in [0.15, 0.2) is 42.5 Å². The SMILES string of the molecule is CC[C@H](C)NC(=O)[C@H](CC)N(Cc1c(Cl)cccc1Cl)C(=O)CCCN(c1ccccc1C)S(C)(=O)=O. The maximum atomic E-state index is 13.6. The monoisotopic (exact) mass is 569 g/mol. The Balaban J connectivity index is 2.29. The summed E-state index contributed by atoms with van der Waals surface area (Å²) in [6.45, 7) is 7.77. The van der Waals surface area contributed by atoms with E-state index in [2.05, 4.69) is 5.32 Å². The van der Waals surface area contributed by atoms with Crippen molar-refractivity contribution in [3.8, 4) is 0 Å². The molecule has 2 rings (SSSR count). The summed E-state index contributed by atoms with van der Waals surface area (Å²) in [5, 5.41) is 3.78. The van der Waals surface area contributed by atoms with Crippen LogP contribution < -0.4 is 9.62 Å². The molecule has 2 atom stereocenters. The Bertz CT molecular complexity index is 1170. The number of nitrogens with one attached hydrogen (secondary N) is 1. The van der Waals surface area contributed by atoms with Gasteiger partial charge in [-0.1, -0.05) is 61.3 Å². The number of benzene rings is 2. The Hall–Kier alpha value is -2.29. The van der Waals surface area contributed by atoms with Gasteiger partial charge in [-0.15, -0.1) is 0 Å². The number of hydrogen-bond donors (Lipinski definition) is 1. The number of nitrogens with zero attached hydrogens (tertiary/aromatic N) is 2. The first-order valence-corrected chi connectivity index (χ1v) is 15.1. The summed E-state index contributed by atoms with van der Waals surface area (Å²) in [4.78, 5) is 28.2. The van der Waals surface area contributed by atoms with E-state index in [1.54, 1.807) is 30.3 Å². The zero-order valence-electron chi connectivity index (χ0n) is 22.1. The Kier molecular flexibility index (Phi) is 11.7. The Labute approximate surface area is 231 Å². The minimum atomic E-state index is -3.56. The summed E-state index contributed by atoms with van der Waals surface area (Å²) < 4.78 is 26.4. The van der Waals surface area contributed by atoms with Crippen LogP contribution in [0.5, 0.6) is 0 Å². The van der Waals surface area contributed by atoms with Gasteiger partial charge in [0.25, 0.3) is 0 Å². The summed E-state index contributed by atoms with van der Waals surface area (Å²) in [5.41, 5.74) is 1.96. The van der Waals surface area contributed by atoms with E-state index in [1.807, 2.05) is 39.8 Å². The van der Waals surface area contributed by atoms with E-state index < -0.39 is 16.1 Å². The number of amides is 2. The molecule has 1 N–H and O–H groups in total. The van der Waals surface area contributed by atoms with Crippen molar-refractivity contribution in [3.05, 3.63) is 63.6 Å². The normalized spacial score (nSPS) is 13.1. The molecular weight excluding hydrogens is 533 g/mol. The smallest absolute Gasteiger partial charge is 0.243 e. The van der Waals surface area contributed by atoms with Crippen LogP contribution in [0.4, 0.5) is 5.69 Å². The van der Waals surface area contributed by atoms with Crippen molar-refractivity contribution < 1.29 is 18.0 Å². The van der Waals surface area contributed by atoms with Gasteiger partial charge in [0.1, 0.15) is 6.04 Å². The van der Waals surface area contributed by atoms with Gasteiger partial charge in [0.2, 0.25) is 21.8 Å². The summed E-state index contributed by atoms with van der Waals surface area (Å²) in [6, 6.07) is 11.6. The molecule has 0 fully saturated rings. The van der Waals surface area contributed by atoms with E-state index in [9.17, 15) is 18.0 Å². The predicted octanol–water partition coefficient (Wildman–Crippen LogP) is 5.57. The van der Waals surface area contributed by atoms with Crippen molar-refractivity contribution >= 4 is 50.7 Å². The van der Waals surface area contributed by atoms with Crippen LogP contribution in [-0.2, 0) is 26.2 Å². The number of carbonyl (C=O) groups excluding carboxylic acids is 2. The molecular formula is C27H37Cl2N3O4S. The molecule has 37 heavy (non-hydrogen) atoms. The molecule has 0 aromatic heterocycles. The van der Waals surface area contributed by atoms with Crippen LogP contribution in [0.2, 0.25) is 10.0 Å². The van der Waals surface area contributed by atoms with Crippen molar-refractivity contribution in [2.45, 2.75) is 72.0 Å². The third-order valence-corrected chi connectivity index (χ3v) is 8.20. The molecule has 0 radical (unpaired) electrons. The molecule has 0 aliphatic carbocycles. The Morgan fingerprint density at radius 1 is 1.00 bits per heavy atom. The van der Waals surface area contributed by atoms with Crippen molar-refractivity contribution in [3.63, 3.8) is 0 Å². The molecule has 0 heterocycles. The number of para-hydroxylation sites is 1. The van der Waals surface area contributed by atoms with Gasteiger partial charge in [-0.3, -0.25) is 13.9 Å². The van der Waals surface area contributed by atoms with Gasteiger partial charge in [-0.2, -0.15) is 0 Å². The molecule has 7 nitrogen and oxygen atoms in total. The topological polar surface area (TPSA) is 86.8 Å². The zero-order valence-corrected chi connectivity index (χ0v) is 24.5. The third-order valence-electron chi connectivity index (χ3n) is 6.31. The summed E-state index contributed by atoms with van der Waals surface area (Å²) in [5.74, 6) is -0.522. The Morgan fingerprint density at radius 2 is 1.62 bits per heavy atom. The van der Waals surface area contributed by atoms with E-state index in [0.29, 0.717) is 27.7 Å². The van der Waals surface area contributed by atoms with Gasteiger partial charge in [0, 0.05) is 41.2 Å². The van der Waals surface area contributed by atoms with Crippen molar-refractivity contribution in [1.29, 1.82) is 0 Å². The minimum Gasteiger partial charge on any atom is -0.352 e. The van der Waals surface area contributed by atoms with Crippen LogP contribution in [0.3, 0.4) is 0 Å². The second-order valence-electron chi connectivity index (χ2n) is 9.19. The highest BCUT2D eigenvalue weighted by molar-refractivity contribution is 7.92. The molecule has 0 aliphatic rings. The maximum Gasteiger partial charge on any atom is 0.243 e. The number of halogens is 2. The number of carbonyl (C=O) groups is 2. The first-order chi connectivity index (χ1) is 17.4. The fourth-order valence-electron chi connectivity index (χ4n) is 4.04. The molecule has 10 heteroatoms. The van der Waals surface area contributed by atoms with E-state index >= 15 is 0 Å². The van der Waals surface area contributed by atoms with Crippen LogP contribution >= 0.6 is 23.2 Å². The van der Waals surface area contributed by atoms with Gasteiger partial charge in [0.15, 0.2) is 0 Å². The predicted molar refractivity (Wildman–Crippen MR) is 152 cm³/mol. The summed E-state index contributed by atoms with van der Waals surface area (Å²) in [6.07, 6.45) is 2.63. The minimum absolute atomic E-state index is 0.0418. The van der Waals surface area contributed by atoms with Crippen LogP contribution in [0.1, 0.15) is 57.6 Å². The lowest BCUT2D eigenvalue weighted by Crippen LogP contribution is -2.50. The molecule has 2 aromatic carbocycles. The average molecular weight is 571 g/mol. The number of rotatable bonds is 13. The maximum absolute atomic E-state index is 13.6. The molecule has 0 saturated carbocycles. The standard InChI is InChI=1S/C27H37Cl2N3O4S/c1-6-20(4)30-27(34)24(7-2)31(18-21-22(28)13-10-14-23(21)29)26(33)16-11-17-32(37(5,35)36)25-15-9-8-12-19(25)3/h8-10,12-15,20,24H,6-7,11,16-18H2,1-5H3,(H,30,34)/t20-,24-/m0/s1. The van der Waals surface area contributed by atoms with Gasteiger partial charge in [-0.05, 0) is 56.9 Å². The van der Waals surface area contributed by atoms with Crippen molar-refractivity contribution in [2.75, 3.05) is 17.1 Å². The highest BCUT2D eigenvalue weighted by Gasteiger charge is 2.30. The van der Waals surface area contributed by atoms with E-state index in [0.717, 1.165) is 18.2 Å². The second-order valence-corrected chi connectivity index (χ2v) is 11.9. The van der Waals surface area contributed by atoms with Crippen molar-refractivity contribution in [2.24, 2.45) is 0 Å². The lowest BCUT2D eigenvalue weighted by molar-refractivity contribution is -0.141. The van der Waals surface area contributed by atoms with Crippen LogP contribution in [-0.4, -0.2) is 50.0 Å². The number of sulfonamides is 1. The fourth-order valence-corrected chi connectivity index (χ4v) is 5.58. The lowest BCUT2D eigenvalue weighted by atomic mass is 10.1. The molecule has 0 aliphatic heterocycles. The number of aryl methyl sites for hydroxylation is 1. The molecule has 0 saturated heterocycles. The highest BCUT2D eigenvalue weighted by atomic mass is 35.5. The van der Waals surface area contributed by atoms with E-state index in [4.69, 9.17) is 23.2 Å². The fraction of sp³-hybridized carbons (Fsp3) is 0.481. The van der Waals surface area contributed by atoms with E-state index in [-0.39, 0.29) is 43.8 Å². The third kappa shape index (κ3) is 8.62. The first-order valence-electron chi connectivity index (χ1n) is 12.5. The van der Waals surface area contributed by atoms with Crippen LogP contribution in [0.25, 0.3) is 0 Å². The summed E-state index contributed by atoms with van der Waals surface area (Å²) in [7, 11) is -3.56. The van der Waals surface area contributed by atoms with Gasteiger partial charge < -0.3 is 10.2 Å². The summed E-state index contributed by atoms with van der Waals surface area (Å²) >= 11 is 12.8. The highest BCUT2D eigenvalue weighted by Crippen LogP contribution is 2.28. The van der Waals surface area contributed by atoms with Gasteiger partial charge in [-0.25, -0.2) is 8.42 Å². The molecule has 0 unspecified atom stereocenters. The molecule has 0 spiro atoms. The van der Waals surface area contributed by atoms with Crippen LogP contribution in [0, 0.1) is 6.92 Å². The van der Waals surface area contributed by atoms with Crippen molar-refractivity contribution in [1.82, 2.24) is 10.2 Å². The molecule has 0 bridgehead atoms. The largest absolute Gasteiger partial charge is 0.352 e. The molecule has 2 aromatic rings. The Morgan fingerprint density at radius 3 is 2.16 bits per heavy atom. The van der Waals surface area contributed by atoms with E-state index in [1.165, 1.54) is 9.21 Å². The zero-order chi connectivity index (χ0) is 27.8. The average Bonchev–Trinajstić information content (AvgIpc) is 2.83. The number of anilines is 1. The number of hydrogen-bond acceptors (Lipinski definition) is 4. The quantitative estimate of drug-likeness (QED) is 0.341. The van der Waals surface area contributed by atoms with Gasteiger partial charge in [0.05, 0.1) is 11.9 Å². The lowest BCUT2D eigenvalue weighted by Gasteiger charge is -2.32.